The van der Waals surface area contributed by atoms with Crippen LogP contribution in [0, 0.1) is 13.8 Å². The highest BCUT2D eigenvalue weighted by atomic mass is 16.5. The summed E-state index contributed by atoms with van der Waals surface area (Å²) in [5.74, 6) is 0.104. The third-order valence-corrected chi connectivity index (χ3v) is 3.45. The number of amides is 1. The van der Waals surface area contributed by atoms with E-state index in [4.69, 9.17) is 10.3 Å². The van der Waals surface area contributed by atoms with Crippen LogP contribution in [-0.2, 0) is 6.42 Å². The maximum atomic E-state index is 12.4. The fourth-order valence-corrected chi connectivity index (χ4v) is 2.39. The van der Waals surface area contributed by atoms with Gasteiger partial charge in [0.25, 0.3) is 5.91 Å². The number of anilines is 2. The maximum Gasteiger partial charge on any atom is 0.296 e. The molecule has 5 nitrogen and oxygen atoms in total. The molecule has 1 amide bonds. The van der Waals surface area contributed by atoms with Crippen LogP contribution in [0.5, 0.6) is 0 Å². The van der Waals surface area contributed by atoms with Crippen molar-refractivity contribution in [3.05, 3.63) is 40.8 Å². The lowest BCUT2D eigenvalue weighted by atomic mass is 10.1. The largest absolute Gasteiger partial charge is 0.398 e. The Morgan fingerprint density at radius 2 is 2.16 bits per heavy atom. The molecule has 0 unspecified atom stereocenters. The molecule has 0 atom stereocenters. The number of aromatic nitrogens is 1. The van der Waals surface area contributed by atoms with Gasteiger partial charge in [-0.2, -0.15) is 0 Å². The zero-order chi connectivity index (χ0) is 13.6. The molecule has 1 aromatic carbocycles. The fraction of sp³-hybridized carbons (Fsp3) is 0.286. The number of nitrogens with two attached hydrogens (primary N) is 1. The highest BCUT2D eigenvalue weighted by Crippen LogP contribution is 2.33. The number of aryl methyl sites for hydroxylation is 2. The lowest BCUT2D eigenvalue weighted by molar-refractivity contribution is 0.0954. The van der Waals surface area contributed by atoms with E-state index in [2.05, 4.69) is 5.16 Å². The Morgan fingerprint density at radius 1 is 1.37 bits per heavy atom. The lowest BCUT2D eigenvalue weighted by Gasteiger charge is -2.16. The Bertz CT molecular complexity index is 661. The van der Waals surface area contributed by atoms with Crippen LogP contribution < -0.4 is 10.6 Å². The molecule has 1 aromatic heterocycles. The van der Waals surface area contributed by atoms with Crippen molar-refractivity contribution in [1.29, 1.82) is 0 Å². The zero-order valence-corrected chi connectivity index (χ0v) is 10.9. The van der Waals surface area contributed by atoms with Gasteiger partial charge in [-0.05, 0) is 37.5 Å². The van der Waals surface area contributed by atoms with Gasteiger partial charge in [0.2, 0.25) is 5.76 Å². The summed E-state index contributed by atoms with van der Waals surface area (Å²) in [7, 11) is 0. The molecule has 3 rings (SSSR count). The van der Waals surface area contributed by atoms with Crippen LogP contribution in [0.2, 0.25) is 0 Å². The molecule has 2 heterocycles. The molecule has 0 spiro atoms. The summed E-state index contributed by atoms with van der Waals surface area (Å²) >= 11 is 0. The van der Waals surface area contributed by atoms with E-state index in [9.17, 15) is 4.79 Å². The Balaban J connectivity index is 1.98. The average molecular weight is 257 g/mol. The first-order valence-corrected chi connectivity index (χ1v) is 6.20. The third-order valence-electron chi connectivity index (χ3n) is 3.45. The normalized spacial score (nSPS) is 13.7. The molecule has 0 saturated heterocycles. The van der Waals surface area contributed by atoms with Gasteiger partial charge in [0.1, 0.15) is 0 Å². The second-order valence-corrected chi connectivity index (χ2v) is 4.88. The van der Waals surface area contributed by atoms with Crippen molar-refractivity contribution in [3.63, 3.8) is 0 Å². The van der Waals surface area contributed by atoms with Crippen molar-refractivity contribution < 1.29 is 9.32 Å². The van der Waals surface area contributed by atoms with Crippen molar-refractivity contribution in [3.8, 4) is 0 Å². The number of benzene rings is 1. The number of fused-ring (bicyclic) bond motifs is 1. The molecule has 0 radical (unpaired) electrons. The number of carbonyl (C=O) groups is 1. The number of hydrogen-bond acceptors (Lipinski definition) is 4. The molecule has 0 aliphatic carbocycles. The number of nitrogen functional groups attached to an aromatic ring is 1. The zero-order valence-electron chi connectivity index (χ0n) is 10.9. The van der Waals surface area contributed by atoms with Crippen molar-refractivity contribution in [2.24, 2.45) is 0 Å². The lowest BCUT2D eigenvalue weighted by Crippen LogP contribution is -2.28. The Labute approximate surface area is 111 Å². The van der Waals surface area contributed by atoms with Gasteiger partial charge >= 0.3 is 0 Å². The van der Waals surface area contributed by atoms with Crippen LogP contribution in [0.4, 0.5) is 11.4 Å². The van der Waals surface area contributed by atoms with Crippen LogP contribution in [0.25, 0.3) is 0 Å². The van der Waals surface area contributed by atoms with Crippen LogP contribution in [-0.4, -0.2) is 17.6 Å². The number of hydrogen-bond donors (Lipinski definition) is 1. The molecule has 1 aliphatic rings. The van der Waals surface area contributed by atoms with Gasteiger partial charge < -0.3 is 15.2 Å². The van der Waals surface area contributed by atoms with Crippen LogP contribution in [0.15, 0.2) is 22.7 Å². The van der Waals surface area contributed by atoms with Crippen molar-refractivity contribution in [2.75, 3.05) is 17.2 Å². The fourth-order valence-electron chi connectivity index (χ4n) is 2.39. The van der Waals surface area contributed by atoms with Gasteiger partial charge in [0, 0.05) is 24.0 Å². The SMILES string of the molecule is Cc1cc(C(=O)N2CCc3cc(C)c(N)cc32)on1. The first-order chi connectivity index (χ1) is 9.06. The van der Waals surface area contributed by atoms with Gasteiger partial charge in [-0.25, -0.2) is 0 Å². The molecule has 0 fully saturated rings. The molecular weight excluding hydrogens is 242 g/mol. The minimum absolute atomic E-state index is 0.164. The summed E-state index contributed by atoms with van der Waals surface area (Å²) < 4.78 is 5.04. The van der Waals surface area contributed by atoms with Crippen LogP contribution >= 0.6 is 0 Å². The first kappa shape index (κ1) is 11.8. The molecular formula is C14H15N3O2. The Morgan fingerprint density at radius 3 is 2.84 bits per heavy atom. The Hall–Kier alpha value is -2.30. The van der Waals surface area contributed by atoms with Crippen molar-refractivity contribution in [1.82, 2.24) is 5.16 Å². The van der Waals surface area contributed by atoms with Crippen molar-refractivity contribution >= 4 is 17.3 Å². The smallest absolute Gasteiger partial charge is 0.296 e. The first-order valence-electron chi connectivity index (χ1n) is 6.20. The molecule has 5 heteroatoms. The van der Waals surface area contributed by atoms with E-state index in [1.165, 1.54) is 0 Å². The highest BCUT2D eigenvalue weighted by molar-refractivity contribution is 6.05. The van der Waals surface area contributed by atoms with E-state index >= 15 is 0 Å². The number of rotatable bonds is 1. The highest BCUT2D eigenvalue weighted by Gasteiger charge is 2.28. The number of nitrogens with zero attached hydrogens (tertiary/aromatic N) is 2. The van der Waals surface area contributed by atoms with E-state index in [-0.39, 0.29) is 11.7 Å². The third kappa shape index (κ3) is 1.87. The van der Waals surface area contributed by atoms with Gasteiger partial charge in [-0.1, -0.05) is 11.2 Å². The number of carbonyl (C=O) groups excluding carboxylic acids is 1. The summed E-state index contributed by atoms with van der Waals surface area (Å²) in [6.07, 6.45) is 0.843. The van der Waals surface area contributed by atoms with Gasteiger partial charge in [-0.3, -0.25) is 4.79 Å². The second kappa shape index (κ2) is 4.12. The molecule has 2 N–H and O–H groups in total. The van der Waals surface area contributed by atoms with Crippen LogP contribution in [0.1, 0.15) is 27.4 Å². The van der Waals surface area contributed by atoms with E-state index in [0.29, 0.717) is 17.9 Å². The minimum atomic E-state index is -0.164. The standard InChI is InChI=1S/C14H15N3O2/c1-8-5-10-3-4-17(12(10)7-11(8)15)14(18)13-6-9(2)16-19-13/h5-7H,3-4,15H2,1-2H3. The molecule has 0 bridgehead atoms. The average Bonchev–Trinajstić information content (AvgIpc) is 2.96. The summed E-state index contributed by atoms with van der Waals surface area (Å²) in [4.78, 5) is 14.1. The maximum absolute atomic E-state index is 12.4. The quantitative estimate of drug-likeness (QED) is 0.794. The Kier molecular flexibility index (Phi) is 2.55. The van der Waals surface area contributed by atoms with Gasteiger partial charge in [-0.15, -0.1) is 0 Å². The molecule has 1 aliphatic heterocycles. The summed E-state index contributed by atoms with van der Waals surface area (Å²) in [6, 6.07) is 5.56. The summed E-state index contributed by atoms with van der Waals surface area (Å²) in [6.45, 7) is 4.41. The van der Waals surface area contributed by atoms with Crippen LogP contribution in [0.3, 0.4) is 0 Å². The summed E-state index contributed by atoms with van der Waals surface area (Å²) in [5.41, 5.74) is 10.4. The summed E-state index contributed by atoms with van der Waals surface area (Å²) in [5, 5.41) is 3.75. The molecule has 98 valence electrons. The predicted molar refractivity (Wildman–Crippen MR) is 72.2 cm³/mol. The predicted octanol–water partition coefficient (Wildman–Crippen LogP) is 2.08. The van der Waals surface area contributed by atoms with E-state index in [1.807, 2.05) is 19.1 Å². The van der Waals surface area contributed by atoms with Crippen molar-refractivity contribution in [2.45, 2.75) is 20.3 Å². The van der Waals surface area contributed by atoms with E-state index in [0.717, 1.165) is 23.2 Å². The minimum Gasteiger partial charge on any atom is -0.398 e. The monoisotopic (exact) mass is 257 g/mol. The molecule has 0 saturated carbocycles. The molecule has 2 aromatic rings. The van der Waals surface area contributed by atoms with E-state index in [1.54, 1.807) is 17.9 Å². The topological polar surface area (TPSA) is 72.4 Å². The van der Waals surface area contributed by atoms with E-state index < -0.39 is 0 Å². The van der Waals surface area contributed by atoms with Gasteiger partial charge in [0.05, 0.1) is 5.69 Å². The second-order valence-electron chi connectivity index (χ2n) is 4.88. The molecule has 19 heavy (non-hydrogen) atoms. The van der Waals surface area contributed by atoms with Gasteiger partial charge in [0.15, 0.2) is 0 Å².